The second kappa shape index (κ2) is 13.6. The van der Waals surface area contributed by atoms with Crippen LogP contribution in [0.3, 0.4) is 0 Å². The summed E-state index contributed by atoms with van der Waals surface area (Å²) in [4.78, 5) is 25.6. The molecule has 3 aromatic carbocycles. The van der Waals surface area contributed by atoms with Crippen LogP contribution >= 0.6 is 11.8 Å². The molecule has 3 aromatic rings. The third-order valence-corrected chi connectivity index (χ3v) is 9.88. The minimum atomic E-state index is -1.65. The monoisotopic (exact) mass is 652 g/mol. The van der Waals surface area contributed by atoms with Gasteiger partial charge in [0.15, 0.2) is 47.4 Å². The summed E-state index contributed by atoms with van der Waals surface area (Å²) in [5.74, 6) is 0.0440. The Morgan fingerprint density at radius 3 is 2.48 bits per heavy atom. The Morgan fingerprint density at radius 1 is 0.913 bits per heavy atom. The second-order valence-electron chi connectivity index (χ2n) is 11.6. The van der Waals surface area contributed by atoms with E-state index in [0.717, 1.165) is 25.3 Å². The van der Waals surface area contributed by atoms with Crippen LogP contribution in [0.4, 0.5) is 0 Å². The van der Waals surface area contributed by atoms with E-state index in [4.69, 9.17) is 23.7 Å². The Labute approximate surface area is 270 Å². The van der Waals surface area contributed by atoms with E-state index in [2.05, 4.69) is 0 Å². The first kappa shape index (κ1) is 31.7. The van der Waals surface area contributed by atoms with Crippen LogP contribution in [0.15, 0.2) is 48.5 Å². The zero-order valence-electron chi connectivity index (χ0n) is 25.2. The Hall–Kier alpha value is -4.29. The molecule has 3 heterocycles. The molecule has 3 aliphatic heterocycles. The molecule has 0 aliphatic carbocycles. The molecule has 244 valence electrons. The van der Waals surface area contributed by atoms with E-state index >= 15 is 0 Å². The minimum absolute atomic E-state index is 0.0601. The summed E-state index contributed by atoms with van der Waals surface area (Å²) >= 11 is 2.01. The summed E-state index contributed by atoms with van der Waals surface area (Å²) in [6.07, 6.45) is 1.29. The number of aromatic hydroxyl groups is 3. The zero-order chi connectivity index (χ0) is 32.4. The van der Waals surface area contributed by atoms with Gasteiger partial charge in [0.1, 0.15) is 29.4 Å². The number of benzene rings is 3. The highest BCUT2D eigenvalue weighted by Crippen LogP contribution is 2.46. The van der Waals surface area contributed by atoms with Crippen LogP contribution in [0.5, 0.6) is 40.2 Å². The molecule has 6 rings (SSSR count). The van der Waals surface area contributed by atoms with Gasteiger partial charge in [-0.2, -0.15) is 11.8 Å². The maximum Gasteiger partial charge on any atom is 0.305 e. The van der Waals surface area contributed by atoms with E-state index in [0.29, 0.717) is 28.5 Å². The first-order valence-electron chi connectivity index (χ1n) is 15.3. The zero-order valence-corrected chi connectivity index (χ0v) is 26.0. The van der Waals surface area contributed by atoms with Gasteiger partial charge in [0.2, 0.25) is 5.78 Å². The van der Waals surface area contributed by atoms with Gasteiger partial charge in [-0.25, -0.2) is 0 Å². The highest BCUT2D eigenvalue weighted by molar-refractivity contribution is 8.00. The Bertz CT molecular complexity index is 1600. The number of rotatable bonds is 10. The number of thioether (sulfide) groups is 1. The Morgan fingerprint density at radius 2 is 1.70 bits per heavy atom. The molecule has 11 nitrogen and oxygen atoms in total. The summed E-state index contributed by atoms with van der Waals surface area (Å²) in [6.45, 7) is -0.0882. The number of hydrogen-bond acceptors (Lipinski definition) is 12. The smallest absolute Gasteiger partial charge is 0.305 e. The second-order valence-corrected chi connectivity index (χ2v) is 13.0. The predicted molar refractivity (Wildman–Crippen MR) is 167 cm³/mol. The highest BCUT2D eigenvalue weighted by Gasteiger charge is 2.41. The van der Waals surface area contributed by atoms with E-state index < -0.39 is 35.9 Å². The van der Waals surface area contributed by atoms with Crippen LogP contribution in [0.2, 0.25) is 0 Å². The van der Waals surface area contributed by atoms with Gasteiger partial charge in [0.05, 0.1) is 7.11 Å². The molecule has 4 N–H and O–H groups in total. The van der Waals surface area contributed by atoms with Gasteiger partial charge < -0.3 is 44.1 Å². The van der Waals surface area contributed by atoms with Crippen LogP contribution < -0.4 is 18.9 Å². The number of aliphatic hydroxyl groups excluding tert-OH is 1. The summed E-state index contributed by atoms with van der Waals surface area (Å²) in [5.41, 5.74) is 0.745. The largest absolute Gasteiger partial charge is 0.508 e. The molecule has 46 heavy (non-hydrogen) atoms. The summed E-state index contributed by atoms with van der Waals surface area (Å²) in [6, 6.07) is 11.7. The third-order valence-electron chi connectivity index (χ3n) is 8.41. The maximum atomic E-state index is 13.0. The molecular weight excluding hydrogens is 616 g/mol. The minimum Gasteiger partial charge on any atom is -0.508 e. The van der Waals surface area contributed by atoms with E-state index in [9.17, 15) is 30.0 Å². The fourth-order valence-electron chi connectivity index (χ4n) is 6.03. The highest BCUT2D eigenvalue weighted by atomic mass is 32.2. The number of phenols is 3. The number of aliphatic hydroxyl groups is 1. The molecule has 0 radical (unpaired) electrons. The molecule has 1 saturated heterocycles. The average Bonchev–Trinajstić information content (AvgIpc) is 3.57. The number of carbonyl (C=O) groups is 2. The Balaban J connectivity index is 1.20. The van der Waals surface area contributed by atoms with Crippen molar-refractivity contribution in [2.75, 3.05) is 19.5 Å². The lowest BCUT2D eigenvalue weighted by atomic mass is 9.92. The van der Waals surface area contributed by atoms with Crippen molar-refractivity contribution in [3.63, 3.8) is 0 Å². The SMILES string of the molecule is COc1cc(C2Oc3cc([C@H]4Oc5cc(O)cc(O)c5C(=O)[C@@H]4O)ccc3OC2COC(=O)CCCCC2CCCS2)ccc1O. The molecule has 0 spiro atoms. The molecule has 0 amide bonds. The fraction of sp³-hybridized carbons (Fsp3) is 0.412. The fourth-order valence-corrected chi connectivity index (χ4v) is 7.36. The molecule has 0 bridgehead atoms. The van der Waals surface area contributed by atoms with Gasteiger partial charge in [-0.3, -0.25) is 9.59 Å². The van der Waals surface area contributed by atoms with Crippen molar-refractivity contribution in [2.24, 2.45) is 0 Å². The first-order chi connectivity index (χ1) is 22.2. The van der Waals surface area contributed by atoms with Gasteiger partial charge in [-0.1, -0.05) is 18.6 Å². The molecule has 0 saturated carbocycles. The van der Waals surface area contributed by atoms with Crippen molar-refractivity contribution in [1.82, 2.24) is 0 Å². The number of unbranched alkanes of at least 4 members (excludes halogenated alkanes) is 1. The van der Waals surface area contributed by atoms with Crippen LogP contribution in [-0.4, -0.2) is 69.1 Å². The topological polar surface area (TPSA) is 161 Å². The normalized spacial score (nSPS) is 23.3. The lowest BCUT2D eigenvalue weighted by Crippen LogP contribution is -2.38. The van der Waals surface area contributed by atoms with Crippen molar-refractivity contribution < 1.29 is 53.7 Å². The predicted octanol–water partition coefficient (Wildman–Crippen LogP) is 5.37. The summed E-state index contributed by atoms with van der Waals surface area (Å²) < 4.78 is 29.5. The number of esters is 1. The average molecular weight is 653 g/mol. The molecule has 3 unspecified atom stereocenters. The summed E-state index contributed by atoms with van der Waals surface area (Å²) in [5, 5.41) is 41.8. The van der Waals surface area contributed by atoms with Gasteiger partial charge in [-0.05, 0) is 61.3 Å². The lowest BCUT2D eigenvalue weighted by molar-refractivity contribution is -0.148. The number of ketones is 1. The number of fused-ring (bicyclic) bond motifs is 2. The van der Waals surface area contributed by atoms with Crippen LogP contribution in [0.1, 0.15) is 72.2 Å². The van der Waals surface area contributed by atoms with Gasteiger partial charge in [0.25, 0.3) is 0 Å². The molecular formula is C34H36O11S. The quantitative estimate of drug-likeness (QED) is 0.164. The lowest BCUT2D eigenvalue weighted by Gasteiger charge is -2.35. The van der Waals surface area contributed by atoms with Crippen LogP contribution in [0.25, 0.3) is 0 Å². The number of carbonyl (C=O) groups excluding carboxylic acids is 2. The van der Waals surface area contributed by atoms with E-state index in [1.165, 1.54) is 37.8 Å². The van der Waals surface area contributed by atoms with Gasteiger partial charge >= 0.3 is 5.97 Å². The number of hydrogen-bond donors (Lipinski definition) is 4. The van der Waals surface area contributed by atoms with Crippen LogP contribution in [0, 0.1) is 0 Å². The number of methoxy groups -OCH3 is 1. The van der Waals surface area contributed by atoms with Crippen molar-refractivity contribution in [1.29, 1.82) is 0 Å². The maximum absolute atomic E-state index is 13.0. The molecule has 1 fully saturated rings. The van der Waals surface area contributed by atoms with Gasteiger partial charge in [-0.15, -0.1) is 0 Å². The van der Waals surface area contributed by atoms with Crippen molar-refractivity contribution in [3.8, 4) is 40.2 Å². The molecule has 3 aliphatic rings. The first-order valence-corrected chi connectivity index (χ1v) is 16.3. The number of phenolic OH excluding ortho intramolecular Hbond substituents is 3. The number of ether oxygens (including phenoxy) is 5. The van der Waals surface area contributed by atoms with E-state index in [-0.39, 0.29) is 46.9 Å². The third kappa shape index (κ3) is 6.63. The standard InChI is InChI=1S/C34H36O11S/c1-41-25-13-18(8-10-22(25)36)33-28(17-42-29(38)7-3-2-5-21-6-4-12-46-21)43-24-11-9-19(14-26(24)44-33)34-32(40)31(39)30-23(37)15-20(35)16-27(30)45-34/h8-11,13-16,21,28,32-37,40H,2-7,12,17H2,1H3/t21?,28?,32-,33?,34+/m0/s1. The van der Waals surface area contributed by atoms with Crippen molar-refractivity contribution in [3.05, 3.63) is 65.2 Å². The van der Waals surface area contributed by atoms with Crippen molar-refractivity contribution in [2.45, 2.75) is 68.2 Å². The van der Waals surface area contributed by atoms with Crippen LogP contribution in [-0.2, 0) is 9.53 Å². The molecule has 12 heteroatoms. The summed E-state index contributed by atoms with van der Waals surface area (Å²) in [7, 11) is 1.43. The van der Waals surface area contributed by atoms with E-state index in [1.807, 2.05) is 11.8 Å². The Kier molecular flexibility index (Phi) is 9.37. The van der Waals surface area contributed by atoms with E-state index in [1.54, 1.807) is 30.3 Å². The molecule has 0 aromatic heterocycles. The van der Waals surface area contributed by atoms with Crippen molar-refractivity contribution >= 4 is 23.5 Å². The number of Topliss-reactive ketones (excluding diaryl/α,β-unsaturated/α-hetero) is 1. The molecule has 5 atom stereocenters. The van der Waals surface area contributed by atoms with Gasteiger partial charge in [0, 0.05) is 29.4 Å².